The lowest BCUT2D eigenvalue weighted by atomic mass is 10.3. The monoisotopic (exact) mass is 335 g/mol. The van der Waals surface area contributed by atoms with Crippen molar-refractivity contribution in [3.8, 4) is 0 Å². The SMILES string of the molecule is CC(CNS(=O)(=O)c1cc(N)c(F)cc1Cl)N1CCCC1. The fourth-order valence-electron chi connectivity index (χ4n) is 2.37. The van der Waals surface area contributed by atoms with Gasteiger partial charge in [-0.2, -0.15) is 0 Å². The number of hydrogen-bond donors (Lipinski definition) is 2. The zero-order valence-corrected chi connectivity index (χ0v) is 13.3. The van der Waals surface area contributed by atoms with Gasteiger partial charge in [0.05, 0.1) is 10.7 Å². The van der Waals surface area contributed by atoms with Crippen molar-refractivity contribution in [2.45, 2.75) is 30.7 Å². The van der Waals surface area contributed by atoms with Gasteiger partial charge in [-0.1, -0.05) is 11.6 Å². The van der Waals surface area contributed by atoms with E-state index in [0.717, 1.165) is 38.1 Å². The molecule has 21 heavy (non-hydrogen) atoms. The van der Waals surface area contributed by atoms with Crippen molar-refractivity contribution in [2.75, 3.05) is 25.4 Å². The molecule has 1 heterocycles. The van der Waals surface area contributed by atoms with E-state index in [4.69, 9.17) is 17.3 Å². The molecule has 5 nitrogen and oxygen atoms in total. The number of likely N-dealkylation sites (tertiary alicyclic amines) is 1. The van der Waals surface area contributed by atoms with Crippen LogP contribution in [0.25, 0.3) is 0 Å². The maximum Gasteiger partial charge on any atom is 0.242 e. The van der Waals surface area contributed by atoms with Gasteiger partial charge in [-0.25, -0.2) is 17.5 Å². The molecule has 0 aliphatic carbocycles. The van der Waals surface area contributed by atoms with Gasteiger partial charge < -0.3 is 5.73 Å². The van der Waals surface area contributed by atoms with E-state index in [9.17, 15) is 12.8 Å². The topological polar surface area (TPSA) is 75.4 Å². The van der Waals surface area contributed by atoms with E-state index in [0.29, 0.717) is 0 Å². The zero-order chi connectivity index (χ0) is 15.6. The summed E-state index contributed by atoms with van der Waals surface area (Å²) in [5.74, 6) is -0.732. The summed E-state index contributed by atoms with van der Waals surface area (Å²) < 4.78 is 40.2. The van der Waals surface area contributed by atoms with E-state index >= 15 is 0 Å². The van der Waals surface area contributed by atoms with Gasteiger partial charge >= 0.3 is 0 Å². The van der Waals surface area contributed by atoms with Crippen LogP contribution in [0.3, 0.4) is 0 Å². The summed E-state index contributed by atoms with van der Waals surface area (Å²) in [6, 6.07) is 2.05. The van der Waals surface area contributed by atoms with Crippen molar-refractivity contribution in [1.29, 1.82) is 0 Å². The number of rotatable bonds is 5. The van der Waals surface area contributed by atoms with Gasteiger partial charge in [0.1, 0.15) is 10.7 Å². The molecule has 1 aliphatic rings. The van der Waals surface area contributed by atoms with Gasteiger partial charge in [0.15, 0.2) is 0 Å². The summed E-state index contributed by atoms with van der Waals surface area (Å²) in [6.07, 6.45) is 2.27. The molecule has 0 bridgehead atoms. The average molecular weight is 336 g/mol. The van der Waals surface area contributed by atoms with Gasteiger partial charge in [-0.3, -0.25) is 4.90 Å². The molecule has 1 saturated heterocycles. The van der Waals surface area contributed by atoms with E-state index in [-0.39, 0.29) is 28.2 Å². The molecule has 118 valence electrons. The molecule has 1 atom stereocenters. The Morgan fingerprint density at radius 3 is 2.67 bits per heavy atom. The third-order valence-electron chi connectivity index (χ3n) is 3.67. The van der Waals surface area contributed by atoms with Crippen LogP contribution in [0.15, 0.2) is 17.0 Å². The smallest absolute Gasteiger partial charge is 0.242 e. The molecule has 0 spiro atoms. The minimum Gasteiger partial charge on any atom is -0.396 e. The fraction of sp³-hybridized carbons (Fsp3) is 0.538. The Kier molecular flexibility index (Phi) is 5.08. The van der Waals surface area contributed by atoms with E-state index in [2.05, 4.69) is 9.62 Å². The number of anilines is 1. The predicted octanol–water partition coefficient (Wildman–Crippen LogP) is 1.82. The third-order valence-corrected chi connectivity index (χ3v) is 5.56. The van der Waals surface area contributed by atoms with Crippen molar-refractivity contribution >= 4 is 27.3 Å². The standard InChI is InChI=1S/C13H19ClFN3O2S/c1-9(18-4-2-3-5-18)8-17-21(19,20)13-7-12(16)11(15)6-10(13)14/h6-7,9,17H,2-5,8,16H2,1H3. The molecular weight excluding hydrogens is 317 g/mol. The quantitative estimate of drug-likeness (QED) is 0.805. The van der Waals surface area contributed by atoms with Crippen molar-refractivity contribution < 1.29 is 12.8 Å². The summed E-state index contributed by atoms with van der Waals surface area (Å²) in [7, 11) is -3.81. The van der Waals surface area contributed by atoms with Gasteiger partial charge in [-0.15, -0.1) is 0 Å². The number of nitrogens with zero attached hydrogens (tertiary/aromatic N) is 1. The zero-order valence-electron chi connectivity index (χ0n) is 11.8. The Labute approximate surface area is 129 Å². The van der Waals surface area contributed by atoms with E-state index < -0.39 is 15.8 Å². The highest BCUT2D eigenvalue weighted by atomic mass is 35.5. The van der Waals surface area contributed by atoms with Crippen LogP contribution in [0.1, 0.15) is 19.8 Å². The number of sulfonamides is 1. The first-order chi connectivity index (χ1) is 9.81. The predicted molar refractivity (Wildman–Crippen MR) is 81.3 cm³/mol. The van der Waals surface area contributed by atoms with Crippen LogP contribution in [0, 0.1) is 5.82 Å². The van der Waals surface area contributed by atoms with Gasteiger partial charge in [-0.05, 0) is 45.0 Å². The molecule has 1 unspecified atom stereocenters. The molecule has 1 aliphatic heterocycles. The van der Waals surface area contributed by atoms with Crippen LogP contribution >= 0.6 is 11.6 Å². The molecular formula is C13H19ClFN3O2S. The van der Waals surface area contributed by atoms with Crippen molar-refractivity contribution in [1.82, 2.24) is 9.62 Å². The molecule has 0 aromatic heterocycles. The Hall–Kier alpha value is -0.890. The van der Waals surface area contributed by atoms with Crippen molar-refractivity contribution in [2.24, 2.45) is 0 Å². The van der Waals surface area contributed by atoms with E-state index in [1.807, 2.05) is 6.92 Å². The van der Waals surface area contributed by atoms with Crippen molar-refractivity contribution in [3.05, 3.63) is 23.0 Å². The van der Waals surface area contributed by atoms with Crippen LogP contribution in [-0.4, -0.2) is 39.0 Å². The van der Waals surface area contributed by atoms with Gasteiger partial charge in [0, 0.05) is 12.6 Å². The number of halogens is 2. The largest absolute Gasteiger partial charge is 0.396 e. The molecule has 0 amide bonds. The highest BCUT2D eigenvalue weighted by Crippen LogP contribution is 2.26. The maximum absolute atomic E-state index is 13.2. The van der Waals surface area contributed by atoms with Crippen LogP contribution < -0.4 is 10.5 Å². The van der Waals surface area contributed by atoms with E-state index in [1.165, 1.54) is 0 Å². The first kappa shape index (κ1) is 16.5. The Morgan fingerprint density at radius 2 is 2.05 bits per heavy atom. The Balaban J connectivity index is 2.09. The summed E-state index contributed by atoms with van der Waals surface area (Å²) in [4.78, 5) is 2.03. The number of nitrogens with one attached hydrogen (secondary N) is 1. The maximum atomic E-state index is 13.2. The molecule has 2 rings (SSSR count). The van der Waals surface area contributed by atoms with Crippen LogP contribution in [0.4, 0.5) is 10.1 Å². The Bertz CT molecular complexity index is 618. The second-order valence-corrected chi connectivity index (χ2v) is 7.39. The minimum atomic E-state index is -3.81. The summed E-state index contributed by atoms with van der Waals surface area (Å²) in [5, 5.41) is -0.178. The van der Waals surface area contributed by atoms with Crippen LogP contribution in [-0.2, 0) is 10.0 Å². The lowest BCUT2D eigenvalue weighted by molar-refractivity contribution is 0.260. The molecule has 1 aromatic carbocycles. The van der Waals surface area contributed by atoms with Crippen LogP contribution in [0.5, 0.6) is 0 Å². The number of benzene rings is 1. The van der Waals surface area contributed by atoms with E-state index in [1.54, 1.807) is 0 Å². The molecule has 8 heteroatoms. The second-order valence-electron chi connectivity index (χ2n) is 5.25. The summed E-state index contributed by atoms with van der Waals surface area (Å²) in [5.41, 5.74) is 5.16. The van der Waals surface area contributed by atoms with Gasteiger partial charge in [0.25, 0.3) is 0 Å². The summed E-state index contributed by atoms with van der Waals surface area (Å²) >= 11 is 5.80. The molecule has 0 saturated carbocycles. The lowest BCUT2D eigenvalue weighted by Gasteiger charge is -2.23. The fourth-order valence-corrected chi connectivity index (χ4v) is 4.04. The molecule has 1 fully saturated rings. The highest BCUT2D eigenvalue weighted by Gasteiger charge is 2.23. The molecule has 3 N–H and O–H groups in total. The first-order valence-electron chi connectivity index (χ1n) is 6.79. The first-order valence-corrected chi connectivity index (χ1v) is 8.65. The summed E-state index contributed by atoms with van der Waals surface area (Å²) in [6.45, 7) is 4.20. The molecule has 1 aromatic rings. The lowest BCUT2D eigenvalue weighted by Crippen LogP contribution is -2.40. The number of nitrogen functional groups attached to an aromatic ring is 1. The van der Waals surface area contributed by atoms with Gasteiger partial charge in [0.2, 0.25) is 10.0 Å². The van der Waals surface area contributed by atoms with Crippen LogP contribution in [0.2, 0.25) is 5.02 Å². The highest BCUT2D eigenvalue weighted by molar-refractivity contribution is 7.89. The second kappa shape index (κ2) is 6.48. The number of nitrogens with two attached hydrogens (primary N) is 1. The van der Waals surface area contributed by atoms with Crippen molar-refractivity contribution in [3.63, 3.8) is 0 Å². The number of hydrogen-bond acceptors (Lipinski definition) is 4. The molecule has 0 radical (unpaired) electrons. The Morgan fingerprint density at radius 1 is 1.43 bits per heavy atom. The minimum absolute atomic E-state index is 0.0962. The normalized spacial score (nSPS) is 18.0. The average Bonchev–Trinajstić information content (AvgIpc) is 2.94. The third kappa shape index (κ3) is 3.85.